The molecule has 2 unspecified atom stereocenters. The van der Waals surface area contributed by atoms with E-state index in [2.05, 4.69) is 5.32 Å². The maximum absolute atomic E-state index is 12.7. The zero-order chi connectivity index (χ0) is 21.2. The lowest BCUT2D eigenvalue weighted by atomic mass is 10.1. The van der Waals surface area contributed by atoms with E-state index in [-0.39, 0.29) is 43.7 Å². The molecule has 0 aromatic heterocycles. The Hall–Kier alpha value is -2.58. The quantitative estimate of drug-likeness (QED) is 0.490. The number of primary amides is 1. The summed E-state index contributed by atoms with van der Waals surface area (Å²) in [6, 6.07) is 8.08. The zero-order valence-corrected chi connectivity index (χ0v) is 16.8. The summed E-state index contributed by atoms with van der Waals surface area (Å²) in [4.78, 5) is 50.0. The first-order valence-corrected chi connectivity index (χ1v) is 9.91. The number of likely N-dealkylation sites (tertiary alicyclic amines) is 1. The standard InChI is InChI=1S/C21H29N3O5/c1-2-18(25)17-9-6-10-24(17)13-19(26)16(11-20(22)27)23-12-21(28)29-14-15-7-4-3-5-8-15/h3-5,7-8,16-17,23H,2,6,9-14H2,1H3,(H2,22,27). The average molecular weight is 403 g/mol. The summed E-state index contributed by atoms with van der Waals surface area (Å²) in [7, 11) is 0. The van der Waals surface area contributed by atoms with Gasteiger partial charge < -0.3 is 10.5 Å². The minimum absolute atomic E-state index is 0.0421. The van der Waals surface area contributed by atoms with E-state index in [0.717, 1.165) is 18.4 Å². The molecule has 1 amide bonds. The van der Waals surface area contributed by atoms with E-state index in [1.54, 1.807) is 6.92 Å². The van der Waals surface area contributed by atoms with Crippen LogP contribution < -0.4 is 11.1 Å². The van der Waals surface area contributed by atoms with Crippen molar-refractivity contribution in [3.8, 4) is 0 Å². The van der Waals surface area contributed by atoms with E-state index in [1.807, 2.05) is 35.2 Å². The lowest BCUT2D eigenvalue weighted by Crippen LogP contribution is -2.48. The van der Waals surface area contributed by atoms with E-state index in [9.17, 15) is 19.2 Å². The van der Waals surface area contributed by atoms with Gasteiger partial charge in [0.05, 0.1) is 25.2 Å². The summed E-state index contributed by atoms with van der Waals surface area (Å²) in [5.41, 5.74) is 6.12. The molecule has 1 aromatic carbocycles. The van der Waals surface area contributed by atoms with Crippen LogP contribution >= 0.6 is 0 Å². The normalized spacial score (nSPS) is 17.6. The first kappa shape index (κ1) is 22.7. The Morgan fingerprint density at radius 1 is 1.24 bits per heavy atom. The van der Waals surface area contributed by atoms with Gasteiger partial charge in [0.1, 0.15) is 12.4 Å². The van der Waals surface area contributed by atoms with Gasteiger partial charge in [0.25, 0.3) is 0 Å². The van der Waals surface area contributed by atoms with E-state index >= 15 is 0 Å². The summed E-state index contributed by atoms with van der Waals surface area (Å²) >= 11 is 0. The smallest absolute Gasteiger partial charge is 0.320 e. The molecule has 1 aliphatic rings. The predicted molar refractivity (Wildman–Crippen MR) is 107 cm³/mol. The molecule has 2 atom stereocenters. The number of amides is 1. The first-order chi connectivity index (χ1) is 13.9. The number of ether oxygens (including phenoxy) is 1. The molecule has 0 radical (unpaired) electrons. The fourth-order valence-corrected chi connectivity index (χ4v) is 3.42. The maximum Gasteiger partial charge on any atom is 0.320 e. The Labute approximate surface area is 170 Å². The van der Waals surface area contributed by atoms with Crippen molar-refractivity contribution in [2.45, 2.75) is 51.3 Å². The number of carbonyl (C=O) groups is 4. The summed E-state index contributed by atoms with van der Waals surface area (Å²) in [5, 5.41) is 2.78. The second-order valence-corrected chi connectivity index (χ2v) is 7.16. The molecule has 8 heteroatoms. The molecule has 1 aromatic rings. The van der Waals surface area contributed by atoms with Gasteiger partial charge in [-0.25, -0.2) is 0 Å². The van der Waals surface area contributed by atoms with Gasteiger partial charge in [-0.2, -0.15) is 0 Å². The van der Waals surface area contributed by atoms with Crippen LogP contribution in [0.4, 0.5) is 0 Å². The van der Waals surface area contributed by atoms with Crippen molar-refractivity contribution in [1.29, 1.82) is 0 Å². The number of nitrogens with one attached hydrogen (secondary N) is 1. The zero-order valence-electron chi connectivity index (χ0n) is 16.8. The maximum atomic E-state index is 12.7. The number of carbonyl (C=O) groups excluding carboxylic acids is 4. The molecule has 0 spiro atoms. The first-order valence-electron chi connectivity index (χ1n) is 9.91. The molecule has 29 heavy (non-hydrogen) atoms. The molecule has 0 saturated carbocycles. The highest BCUT2D eigenvalue weighted by molar-refractivity contribution is 5.92. The monoisotopic (exact) mass is 403 g/mol. The number of hydrogen-bond donors (Lipinski definition) is 2. The molecule has 1 aliphatic heterocycles. The van der Waals surface area contributed by atoms with Crippen LogP contribution in [-0.2, 0) is 30.5 Å². The van der Waals surface area contributed by atoms with Crippen molar-refractivity contribution in [3.63, 3.8) is 0 Å². The SMILES string of the molecule is CCC(=O)C1CCCN1CC(=O)C(CC(N)=O)NCC(=O)OCc1ccccc1. The third-order valence-electron chi connectivity index (χ3n) is 4.97. The van der Waals surface area contributed by atoms with Gasteiger partial charge in [0, 0.05) is 12.8 Å². The molecule has 0 bridgehead atoms. The van der Waals surface area contributed by atoms with Gasteiger partial charge in [-0.15, -0.1) is 0 Å². The highest BCUT2D eigenvalue weighted by atomic mass is 16.5. The lowest BCUT2D eigenvalue weighted by Gasteiger charge is -2.25. The second-order valence-electron chi connectivity index (χ2n) is 7.16. The third kappa shape index (κ3) is 7.40. The van der Waals surface area contributed by atoms with Crippen LogP contribution in [0.15, 0.2) is 30.3 Å². The van der Waals surface area contributed by atoms with Gasteiger partial charge in [-0.05, 0) is 24.9 Å². The fraction of sp³-hybridized carbons (Fsp3) is 0.524. The molecule has 3 N–H and O–H groups in total. The molecule has 1 saturated heterocycles. The third-order valence-corrected chi connectivity index (χ3v) is 4.97. The Bertz CT molecular complexity index is 722. The second kappa shape index (κ2) is 11.4. The summed E-state index contributed by atoms with van der Waals surface area (Å²) in [6.07, 6.45) is 1.79. The number of rotatable bonds is 12. The minimum Gasteiger partial charge on any atom is -0.460 e. The van der Waals surface area contributed by atoms with Crippen LogP contribution in [0.3, 0.4) is 0 Å². The number of esters is 1. The highest BCUT2D eigenvalue weighted by Crippen LogP contribution is 2.19. The largest absolute Gasteiger partial charge is 0.460 e. The van der Waals surface area contributed by atoms with Crippen LogP contribution in [0, 0.1) is 0 Å². The van der Waals surface area contributed by atoms with Gasteiger partial charge in [-0.1, -0.05) is 37.3 Å². The van der Waals surface area contributed by atoms with E-state index in [0.29, 0.717) is 13.0 Å². The lowest BCUT2D eigenvalue weighted by molar-refractivity contribution is -0.144. The minimum atomic E-state index is -0.894. The topological polar surface area (TPSA) is 119 Å². The van der Waals surface area contributed by atoms with Crippen molar-refractivity contribution in [2.24, 2.45) is 5.73 Å². The fourth-order valence-electron chi connectivity index (χ4n) is 3.42. The van der Waals surface area contributed by atoms with E-state index < -0.39 is 17.9 Å². The van der Waals surface area contributed by atoms with Crippen molar-refractivity contribution < 1.29 is 23.9 Å². The molecule has 0 aliphatic carbocycles. The molecule has 1 heterocycles. The van der Waals surface area contributed by atoms with E-state index in [4.69, 9.17) is 10.5 Å². The molecule has 8 nitrogen and oxygen atoms in total. The molecular weight excluding hydrogens is 374 g/mol. The number of nitrogens with zero attached hydrogens (tertiary/aromatic N) is 1. The van der Waals surface area contributed by atoms with Crippen LogP contribution in [0.1, 0.15) is 38.2 Å². The van der Waals surface area contributed by atoms with Gasteiger partial charge in [0.15, 0.2) is 5.78 Å². The van der Waals surface area contributed by atoms with Crippen molar-refractivity contribution in [3.05, 3.63) is 35.9 Å². The molecule has 1 fully saturated rings. The Morgan fingerprint density at radius 2 is 1.97 bits per heavy atom. The van der Waals surface area contributed by atoms with Crippen LogP contribution in [0.5, 0.6) is 0 Å². The van der Waals surface area contributed by atoms with Crippen LogP contribution in [-0.4, -0.2) is 60.1 Å². The molecular formula is C21H29N3O5. The number of benzene rings is 1. The molecule has 2 rings (SSSR count). The predicted octanol–water partition coefficient (Wildman–Crippen LogP) is 0.576. The number of hydrogen-bond acceptors (Lipinski definition) is 7. The van der Waals surface area contributed by atoms with Crippen molar-refractivity contribution in [2.75, 3.05) is 19.6 Å². The van der Waals surface area contributed by atoms with Gasteiger partial charge >= 0.3 is 5.97 Å². The summed E-state index contributed by atoms with van der Waals surface area (Å²) < 4.78 is 5.18. The number of nitrogens with two attached hydrogens (primary N) is 1. The van der Waals surface area contributed by atoms with Crippen molar-refractivity contribution >= 4 is 23.4 Å². The van der Waals surface area contributed by atoms with Gasteiger partial charge in [-0.3, -0.25) is 29.4 Å². The number of Topliss-reactive ketones (excluding diaryl/α,β-unsaturated/α-hetero) is 2. The molecule has 158 valence electrons. The van der Waals surface area contributed by atoms with Crippen LogP contribution in [0.2, 0.25) is 0 Å². The van der Waals surface area contributed by atoms with Crippen molar-refractivity contribution in [1.82, 2.24) is 10.2 Å². The average Bonchev–Trinajstić information content (AvgIpc) is 3.17. The van der Waals surface area contributed by atoms with Crippen LogP contribution in [0.25, 0.3) is 0 Å². The number of ketones is 2. The summed E-state index contributed by atoms with van der Waals surface area (Å²) in [6.45, 7) is 2.42. The Morgan fingerprint density at radius 3 is 2.62 bits per heavy atom. The van der Waals surface area contributed by atoms with Gasteiger partial charge in [0.2, 0.25) is 5.91 Å². The highest BCUT2D eigenvalue weighted by Gasteiger charge is 2.32. The summed E-state index contributed by atoms with van der Waals surface area (Å²) in [5.74, 6) is -1.33. The Balaban J connectivity index is 1.87. The Kier molecular flexibility index (Phi) is 8.95. The van der Waals surface area contributed by atoms with E-state index in [1.165, 1.54) is 0 Å².